The van der Waals surface area contributed by atoms with Crippen molar-refractivity contribution in [3.8, 4) is 0 Å². The smallest absolute Gasteiger partial charge is 0.267 e. The van der Waals surface area contributed by atoms with Gasteiger partial charge < -0.3 is 0 Å². The number of aryl methyl sites for hydroxylation is 1. The van der Waals surface area contributed by atoms with Gasteiger partial charge >= 0.3 is 0 Å². The maximum absolute atomic E-state index is 12.3. The van der Waals surface area contributed by atoms with Crippen LogP contribution in [0.25, 0.3) is 0 Å². The Balaban J connectivity index is 2.22. The van der Waals surface area contributed by atoms with Crippen molar-refractivity contribution in [2.45, 2.75) is 18.7 Å². The second kappa shape index (κ2) is 7.58. The Morgan fingerprint density at radius 2 is 1.76 bits per heavy atom. The van der Waals surface area contributed by atoms with Gasteiger partial charge in [0.25, 0.3) is 5.91 Å². The average molecular weight is 359 g/mol. The lowest BCUT2D eigenvalue weighted by Crippen LogP contribution is -2.23. The zero-order chi connectivity index (χ0) is 18.6. The zero-order valence-electron chi connectivity index (χ0n) is 14.6. The minimum absolute atomic E-state index is 0.0600. The van der Waals surface area contributed by atoms with Crippen LogP contribution >= 0.6 is 0 Å². The summed E-state index contributed by atoms with van der Waals surface area (Å²) < 4.78 is 25.4. The topological polar surface area (TPSA) is 78.8 Å². The zero-order valence-corrected chi connectivity index (χ0v) is 15.5. The molecule has 0 aliphatic carbocycles. The van der Waals surface area contributed by atoms with Crippen LogP contribution in [0.1, 0.15) is 28.4 Å². The molecule has 1 N–H and O–H groups in total. The molecular formula is C18H21N3O3S. The summed E-state index contributed by atoms with van der Waals surface area (Å²) in [4.78, 5) is 12.3. The Hall–Kier alpha value is -2.51. The molecule has 2 aromatic carbocycles. The maximum Gasteiger partial charge on any atom is 0.271 e. The molecule has 0 spiro atoms. The van der Waals surface area contributed by atoms with Crippen molar-refractivity contribution in [2.24, 2.45) is 5.10 Å². The van der Waals surface area contributed by atoms with Gasteiger partial charge in [-0.05, 0) is 37.6 Å². The molecule has 0 aliphatic heterocycles. The van der Waals surface area contributed by atoms with Crippen LogP contribution in [0.3, 0.4) is 0 Å². The van der Waals surface area contributed by atoms with Crippen LogP contribution in [-0.2, 0) is 10.0 Å². The van der Waals surface area contributed by atoms with E-state index in [-0.39, 0.29) is 10.5 Å². The minimum Gasteiger partial charge on any atom is -0.267 e. The van der Waals surface area contributed by atoms with Crippen LogP contribution in [0, 0.1) is 6.92 Å². The van der Waals surface area contributed by atoms with Crippen LogP contribution < -0.4 is 5.43 Å². The molecule has 1 amide bonds. The van der Waals surface area contributed by atoms with Gasteiger partial charge in [-0.15, -0.1) is 0 Å². The molecular weight excluding hydrogens is 338 g/mol. The van der Waals surface area contributed by atoms with Crippen molar-refractivity contribution in [3.05, 3.63) is 65.2 Å². The molecule has 0 atom stereocenters. The van der Waals surface area contributed by atoms with Gasteiger partial charge in [0.1, 0.15) is 0 Å². The van der Waals surface area contributed by atoms with Crippen molar-refractivity contribution in [3.63, 3.8) is 0 Å². The van der Waals surface area contributed by atoms with Gasteiger partial charge in [-0.25, -0.2) is 18.1 Å². The van der Waals surface area contributed by atoms with Gasteiger partial charge in [0.2, 0.25) is 10.0 Å². The van der Waals surface area contributed by atoms with Crippen LogP contribution in [0.2, 0.25) is 0 Å². The molecule has 0 heterocycles. The summed E-state index contributed by atoms with van der Waals surface area (Å²) in [6, 6.07) is 13.6. The second-order valence-corrected chi connectivity index (χ2v) is 7.92. The Morgan fingerprint density at radius 1 is 1.08 bits per heavy atom. The van der Waals surface area contributed by atoms with E-state index in [0.29, 0.717) is 5.71 Å². The third-order valence-corrected chi connectivity index (χ3v) is 5.55. The van der Waals surface area contributed by atoms with Gasteiger partial charge in [-0.3, -0.25) is 4.79 Å². The van der Waals surface area contributed by atoms with E-state index in [1.807, 2.05) is 31.2 Å². The first kappa shape index (κ1) is 18.8. The molecule has 0 bridgehead atoms. The highest BCUT2D eigenvalue weighted by molar-refractivity contribution is 7.89. The standard InChI is InChI=1S/C18H21N3O3S/c1-13-8-5-6-11-17(13)14(2)19-20-18(22)15-9-7-10-16(12-15)25(23,24)21(3)4/h5-12H,1-4H3,(H,20,22)/b19-14-. The fourth-order valence-electron chi connectivity index (χ4n) is 2.25. The largest absolute Gasteiger partial charge is 0.271 e. The van der Waals surface area contributed by atoms with Gasteiger partial charge in [0.05, 0.1) is 10.6 Å². The van der Waals surface area contributed by atoms with Crippen LogP contribution in [0.4, 0.5) is 0 Å². The summed E-state index contributed by atoms with van der Waals surface area (Å²) in [6.07, 6.45) is 0. The van der Waals surface area contributed by atoms with Crippen LogP contribution in [-0.4, -0.2) is 38.4 Å². The summed E-state index contributed by atoms with van der Waals surface area (Å²) in [7, 11) is -0.711. The van der Waals surface area contributed by atoms with Crippen molar-refractivity contribution >= 4 is 21.6 Å². The number of sulfonamides is 1. The monoisotopic (exact) mass is 359 g/mol. The Kier molecular flexibility index (Phi) is 5.71. The maximum atomic E-state index is 12.3. The quantitative estimate of drug-likeness (QED) is 0.658. The van der Waals surface area contributed by atoms with Crippen molar-refractivity contribution < 1.29 is 13.2 Å². The molecule has 132 valence electrons. The van der Waals surface area contributed by atoms with E-state index in [2.05, 4.69) is 10.5 Å². The Labute approximate surface area is 148 Å². The molecule has 0 fully saturated rings. The third-order valence-electron chi connectivity index (χ3n) is 3.73. The molecule has 2 rings (SSSR count). The number of carbonyl (C=O) groups excluding carboxylic acids is 1. The van der Waals surface area contributed by atoms with Crippen molar-refractivity contribution in [1.29, 1.82) is 0 Å². The molecule has 0 aromatic heterocycles. The molecule has 2 aromatic rings. The fraction of sp³-hybridized carbons (Fsp3) is 0.222. The van der Waals surface area contributed by atoms with Gasteiger partial charge in [0, 0.05) is 25.2 Å². The Bertz CT molecular complexity index is 919. The molecule has 25 heavy (non-hydrogen) atoms. The summed E-state index contributed by atoms with van der Waals surface area (Å²) in [5, 5.41) is 4.12. The molecule has 0 saturated carbocycles. The van der Waals surface area contributed by atoms with E-state index in [9.17, 15) is 13.2 Å². The molecule has 0 unspecified atom stereocenters. The van der Waals surface area contributed by atoms with Crippen molar-refractivity contribution in [1.82, 2.24) is 9.73 Å². The number of nitrogens with one attached hydrogen (secondary N) is 1. The van der Waals surface area contributed by atoms with E-state index >= 15 is 0 Å². The molecule has 0 radical (unpaired) electrons. The number of hydrazone groups is 1. The summed E-state index contributed by atoms with van der Waals surface area (Å²) in [5.41, 5.74) is 5.36. The highest BCUT2D eigenvalue weighted by Gasteiger charge is 2.18. The number of hydrogen-bond acceptors (Lipinski definition) is 4. The fourth-order valence-corrected chi connectivity index (χ4v) is 3.19. The highest BCUT2D eigenvalue weighted by Crippen LogP contribution is 2.15. The highest BCUT2D eigenvalue weighted by atomic mass is 32.2. The summed E-state index contributed by atoms with van der Waals surface area (Å²) >= 11 is 0. The van der Waals surface area contributed by atoms with Gasteiger partial charge in [0.15, 0.2) is 0 Å². The first-order chi connectivity index (χ1) is 11.7. The molecule has 7 heteroatoms. The third kappa shape index (κ3) is 4.32. The molecule has 0 saturated heterocycles. The SMILES string of the molecule is C/C(=N/NC(=O)c1cccc(S(=O)(=O)N(C)C)c1)c1ccccc1C. The summed E-state index contributed by atoms with van der Waals surface area (Å²) in [6.45, 7) is 3.77. The van der Waals surface area contributed by atoms with Gasteiger partial charge in [-0.1, -0.05) is 30.3 Å². The lowest BCUT2D eigenvalue weighted by Gasteiger charge is -2.12. The van der Waals surface area contributed by atoms with Crippen LogP contribution in [0.5, 0.6) is 0 Å². The van der Waals surface area contributed by atoms with E-state index in [1.54, 1.807) is 13.0 Å². The van der Waals surface area contributed by atoms with E-state index < -0.39 is 15.9 Å². The lowest BCUT2D eigenvalue weighted by molar-refractivity contribution is 0.0954. The predicted octanol–water partition coefficient (Wildman–Crippen LogP) is 2.40. The number of hydrogen-bond donors (Lipinski definition) is 1. The van der Waals surface area contributed by atoms with E-state index in [4.69, 9.17) is 0 Å². The molecule has 0 aliphatic rings. The number of rotatable bonds is 5. The second-order valence-electron chi connectivity index (χ2n) is 5.77. The van der Waals surface area contributed by atoms with E-state index in [0.717, 1.165) is 15.4 Å². The first-order valence-corrected chi connectivity index (χ1v) is 9.10. The van der Waals surface area contributed by atoms with E-state index in [1.165, 1.54) is 32.3 Å². The first-order valence-electron chi connectivity index (χ1n) is 7.66. The lowest BCUT2D eigenvalue weighted by atomic mass is 10.1. The predicted molar refractivity (Wildman–Crippen MR) is 98.2 cm³/mol. The van der Waals surface area contributed by atoms with Crippen molar-refractivity contribution in [2.75, 3.05) is 14.1 Å². The number of amides is 1. The van der Waals surface area contributed by atoms with Gasteiger partial charge in [-0.2, -0.15) is 5.10 Å². The Morgan fingerprint density at radius 3 is 2.40 bits per heavy atom. The van der Waals surface area contributed by atoms with Crippen LogP contribution in [0.15, 0.2) is 58.5 Å². The normalized spacial score (nSPS) is 12.3. The number of benzene rings is 2. The average Bonchev–Trinajstić information content (AvgIpc) is 2.59. The number of nitrogens with zero attached hydrogens (tertiary/aromatic N) is 2. The minimum atomic E-state index is -3.60. The molecule has 6 nitrogen and oxygen atoms in total. The summed E-state index contributed by atoms with van der Waals surface area (Å²) in [5.74, 6) is -0.469. The number of carbonyl (C=O) groups is 1.